The first-order valence-electron chi connectivity index (χ1n) is 9.02. The van der Waals surface area contributed by atoms with Crippen molar-refractivity contribution in [3.63, 3.8) is 0 Å². The first-order valence-corrected chi connectivity index (χ1v) is 9.02. The smallest absolute Gasteiger partial charge is 0.417 e. The lowest BCUT2D eigenvalue weighted by atomic mass is 9.75. The Morgan fingerprint density at radius 1 is 1.19 bits per heavy atom. The number of anilines is 1. The van der Waals surface area contributed by atoms with E-state index in [9.17, 15) is 9.59 Å². The highest BCUT2D eigenvalue weighted by atomic mass is 16.6. The molecule has 0 radical (unpaired) electrons. The average molecular weight is 363 g/mol. The molecule has 2 aliphatic rings. The molecule has 1 N–H and O–H groups in total. The van der Waals surface area contributed by atoms with E-state index in [0.717, 1.165) is 17.6 Å². The van der Waals surface area contributed by atoms with Crippen molar-refractivity contribution < 1.29 is 19.1 Å². The van der Waals surface area contributed by atoms with Gasteiger partial charge in [-0.1, -0.05) is 42.5 Å². The van der Waals surface area contributed by atoms with E-state index in [1.165, 1.54) is 0 Å². The topological polar surface area (TPSA) is 64.6 Å². The summed E-state index contributed by atoms with van der Waals surface area (Å²) in [7, 11) is 0. The van der Waals surface area contributed by atoms with Crippen molar-refractivity contribution in [2.45, 2.75) is 19.3 Å². The Bertz CT molecular complexity index is 875. The standard InChI is InChI=1S/C22H21NO4/c1-15-11-17-14-26-20(24)22(17,12-15)13-16-7-9-18(10-8-16)23-21(25)27-19-5-3-2-4-6-19/h2-10,17H,1,11-14H2,(H,23,25). The number of carbonyl (C=O) groups is 2. The third kappa shape index (κ3) is 3.45. The van der Waals surface area contributed by atoms with Gasteiger partial charge in [-0.25, -0.2) is 4.79 Å². The van der Waals surface area contributed by atoms with Crippen LogP contribution in [0.4, 0.5) is 10.5 Å². The van der Waals surface area contributed by atoms with Gasteiger partial charge in [0.05, 0.1) is 12.0 Å². The molecule has 5 heteroatoms. The van der Waals surface area contributed by atoms with Gasteiger partial charge in [-0.3, -0.25) is 10.1 Å². The number of hydrogen-bond donors (Lipinski definition) is 1. The van der Waals surface area contributed by atoms with Crippen LogP contribution in [0.3, 0.4) is 0 Å². The fraction of sp³-hybridized carbons (Fsp3) is 0.273. The van der Waals surface area contributed by atoms with Crippen molar-refractivity contribution in [1.29, 1.82) is 0 Å². The number of ether oxygens (including phenoxy) is 2. The highest BCUT2D eigenvalue weighted by Gasteiger charge is 2.55. The van der Waals surface area contributed by atoms with Gasteiger partial charge in [-0.15, -0.1) is 0 Å². The van der Waals surface area contributed by atoms with Crippen LogP contribution in [-0.4, -0.2) is 18.7 Å². The number of esters is 1. The van der Waals surface area contributed by atoms with Gasteiger partial charge >= 0.3 is 12.1 Å². The lowest BCUT2D eigenvalue weighted by Gasteiger charge is -2.24. The van der Waals surface area contributed by atoms with Gasteiger partial charge in [0.15, 0.2) is 0 Å². The molecule has 0 aromatic heterocycles. The largest absolute Gasteiger partial charge is 0.465 e. The minimum absolute atomic E-state index is 0.111. The fourth-order valence-electron chi connectivity index (χ4n) is 4.07. The Kier molecular flexibility index (Phi) is 4.44. The molecule has 2 aromatic carbocycles. The molecular formula is C22H21NO4. The van der Waals surface area contributed by atoms with Gasteiger partial charge in [0.25, 0.3) is 0 Å². The summed E-state index contributed by atoms with van der Waals surface area (Å²) < 4.78 is 10.5. The minimum Gasteiger partial charge on any atom is -0.465 e. The highest BCUT2D eigenvalue weighted by Crippen LogP contribution is 2.52. The summed E-state index contributed by atoms with van der Waals surface area (Å²) in [6.07, 6.45) is 1.64. The van der Waals surface area contributed by atoms with Crippen LogP contribution < -0.4 is 10.1 Å². The maximum atomic E-state index is 12.4. The number of fused-ring (bicyclic) bond motifs is 1. The van der Waals surface area contributed by atoms with Gasteiger partial charge in [0.1, 0.15) is 5.75 Å². The van der Waals surface area contributed by atoms with Gasteiger partial charge < -0.3 is 9.47 Å². The van der Waals surface area contributed by atoms with E-state index in [0.29, 0.717) is 30.9 Å². The molecule has 2 atom stereocenters. The predicted octanol–water partition coefficient (Wildman–Crippen LogP) is 4.35. The summed E-state index contributed by atoms with van der Waals surface area (Å²) in [5.41, 5.74) is 2.32. The average Bonchev–Trinajstić information content (AvgIpc) is 3.12. The van der Waals surface area contributed by atoms with Crippen molar-refractivity contribution >= 4 is 17.7 Å². The second-order valence-electron chi connectivity index (χ2n) is 7.28. The van der Waals surface area contributed by atoms with E-state index in [1.54, 1.807) is 24.3 Å². The molecule has 4 rings (SSSR count). The van der Waals surface area contributed by atoms with Crippen LogP contribution in [0.5, 0.6) is 5.75 Å². The van der Waals surface area contributed by atoms with E-state index in [-0.39, 0.29) is 11.9 Å². The van der Waals surface area contributed by atoms with Gasteiger partial charge in [-0.2, -0.15) is 0 Å². The zero-order valence-electron chi connectivity index (χ0n) is 14.9. The minimum atomic E-state index is -0.543. The molecule has 1 saturated heterocycles. The monoisotopic (exact) mass is 363 g/mol. The maximum absolute atomic E-state index is 12.4. The summed E-state index contributed by atoms with van der Waals surface area (Å²) in [5.74, 6) is 0.592. The van der Waals surface area contributed by atoms with Gasteiger partial charge in [0.2, 0.25) is 0 Å². The van der Waals surface area contributed by atoms with Crippen molar-refractivity contribution in [1.82, 2.24) is 0 Å². The molecule has 2 aromatic rings. The molecule has 1 aliphatic heterocycles. The highest BCUT2D eigenvalue weighted by molar-refractivity contribution is 5.86. The van der Waals surface area contributed by atoms with Crippen LogP contribution in [0, 0.1) is 11.3 Å². The molecule has 2 unspecified atom stereocenters. The normalized spacial score (nSPS) is 23.6. The van der Waals surface area contributed by atoms with E-state index < -0.39 is 11.5 Å². The molecule has 1 saturated carbocycles. The fourth-order valence-corrected chi connectivity index (χ4v) is 4.07. The molecular weight excluding hydrogens is 342 g/mol. The third-order valence-electron chi connectivity index (χ3n) is 5.38. The van der Waals surface area contributed by atoms with Crippen LogP contribution in [0.1, 0.15) is 18.4 Å². The number of cyclic esters (lactones) is 1. The molecule has 2 fully saturated rings. The zero-order valence-corrected chi connectivity index (χ0v) is 14.9. The summed E-state index contributed by atoms with van der Waals surface area (Å²) in [6, 6.07) is 16.4. The quantitative estimate of drug-likeness (QED) is 0.648. The Labute approximate surface area is 158 Å². The molecule has 0 spiro atoms. The summed E-state index contributed by atoms with van der Waals surface area (Å²) >= 11 is 0. The molecule has 0 bridgehead atoms. The van der Waals surface area contributed by atoms with E-state index in [4.69, 9.17) is 9.47 Å². The summed E-state index contributed by atoms with van der Waals surface area (Å²) in [4.78, 5) is 24.3. The maximum Gasteiger partial charge on any atom is 0.417 e. The number of carbonyl (C=O) groups excluding carboxylic acids is 2. The van der Waals surface area contributed by atoms with Crippen molar-refractivity contribution in [2.24, 2.45) is 11.3 Å². The molecule has 27 heavy (non-hydrogen) atoms. The molecule has 1 amide bonds. The Hall–Kier alpha value is -3.08. The van der Waals surface area contributed by atoms with Crippen molar-refractivity contribution in [2.75, 3.05) is 11.9 Å². The predicted molar refractivity (Wildman–Crippen MR) is 101 cm³/mol. The van der Waals surface area contributed by atoms with Crippen LogP contribution in [0.15, 0.2) is 66.7 Å². The Balaban J connectivity index is 1.41. The van der Waals surface area contributed by atoms with Crippen molar-refractivity contribution in [3.8, 4) is 5.75 Å². The van der Waals surface area contributed by atoms with Crippen LogP contribution in [0.2, 0.25) is 0 Å². The Morgan fingerprint density at radius 2 is 1.93 bits per heavy atom. The number of nitrogens with one attached hydrogen (secondary N) is 1. The summed E-state index contributed by atoms with van der Waals surface area (Å²) in [6.45, 7) is 4.56. The van der Waals surface area contributed by atoms with Crippen LogP contribution in [-0.2, 0) is 16.0 Å². The first-order chi connectivity index (χ1) is 13.0. The van der Waals surface area contributed by atoms with E-state index >= 15 is 0 Å². The number of allylic oxidation sites excluding steroid dienone is 1. The number of hydrogen-bond acceptors (Lipinski definition) is 4. The van der Waals surface area contributed by atoms with E-state index in [1.807, 2.05) is 30.3 Å². The molecule has 138 valence electrons. The lowest BCUT2D eigenvalue weighted by Crippen LogP contribution is -2.31. The van der Waals surface area contributed by atoms with Crippen LogP contribution in [0.25, 0.3) is 0 Å². The van der Waals surface area contributed by atoms with E-state index in [2.05, 4.69) is 11.9 Å². The number of amides is 1. The van der Waals surface area contributed by atoms with Crippen LogP contribution >= 0.6 is 0 Å². The molecule has 5 nitrogen and oxygen atoms in total. The SMILES string of the molecule is C=C1CC2COC(=O)C2(Cc2ccc(NC(=O)Oc3ccccc3)cc2)C1. The number of benzene rings is 2. The van der Waals surface area contributed by atoms with Gasteiger partial charge in [-0.05, 0) is 49.1 Å². The number of rotatable bonds is 4. The zero-order chi connectivity index (χ0) is 18.9. The van der Waals surface area contributed by atoms with Gasteiger partial charge in [0, 0.05) is 11.6 Å². The third-order valence-corrected chi connectivity index (χ3v) is 5.38. The molecule has 1 aliphatic carbocycles. The lowest BCUT2D eigenvalue weighted by molar-refractivity contribution is -0.146. The second-order valence-corrected chi connectivity index (χ2v) is 7.28. The molecule has 1 heterocycles. The van der Waals surface area contributed by atoms with Crippen molar-refractivity contribution in [3.05, 3.63) is 72.3 Å². The second kappa shape index (κ2) is 6.91. The number of para-hydroxylation sites is 1. The first kappa shape index (κ1) is 17.3. The Morgan fingerprint density at radius 3 is 2.67 bits per heavy atom. The summed E-state index contributed by atoms with van der Waals surface area (Å²) in [5, 5.41) is 2.70.